The van der Waals surface area contributed by atoms with Crippen molar-refractivity contribution in [2.75, 3.05) is 4.90 Å². The minimum Gasteiger partial charge on any atom is -0.274 e. The van der Waals surface area contributed by atoms with Crippen LogP contribution in [0.25, 0.3) is 10.9 Å². The summed E-state index contributed by atoms with van der Waals surface area (Å²) in [6, 6.07) is 13.2. The summed E-state index contributed by atoms with van der Waals surface area (Å²) in [5, 5.41) is 0.763. The van der Waals surface area contributed by atoms with Crippen LogP contribution >= 0.6 is 0 Å². The van der Waals surface area contributed by atoms with Gasteiger partial charge in [0.25, 0.3) is 0 Å². The highest BCUT2D eigenvalue weighted by Gasteiger charge is 2.18. The molecule has 2 aromatic carbocycles. The van der Waals surface area contributed by atoms with Gasteiger partial charge in [-0.15, -0.1) is 0 Å². The molecule has 0 aliphatic heterocycles. The lowest BCUT2D eigenvalue weighted by molar-refractivity contribution is -0.115. The van der Waals surface area contributed by atoms with Crippen LogP contribution in [0.15, 0.2) is 54.9 Å². The van der Waals surface area contributed by atoms with Crippen molar-refractivity contribution in [1.82, 2.24) is 9.97 Å². The summed E-state index contributed by atoms with van der Waals surface area (Å²) in [5.41, 5.74) is 1.31. The summed E-state index contributed by atoms with van der Waals surface area (Å²) in [5.74, 6) is -0.0695. The summed E-state index contributed by atoms with van der Waals surface area (Å²) in [7, 11) is 0. The van der Waals surface area contributed by atoms with Crippen molar-refractivity contribution in [3.63, 3.8) is 0 Å². The maximum Gasteiger partial charge on any atom is 0.229 e. The molecule has 0 unspecified atom stereocenters. The van der Waals surface area contributed by atoms with Crippen molar-refractivity contribution in [3.05, 3.63) is 60.7 Å². The summed E-state index contributed by atoms with van der Waals surface area (Å²) in [6.45, 7) is 1.44. The summed E-state index contributed by atoms with van der Waals surface area (Å²) in [6.07, 6.45) is 1.41. The standard InChI is InChI=1S/C16H12FN3O/c1-11(21)20(13-8-6-12(17)7-9-13)16-14-4-2-3-5-15(14)18-10-19-16/h2-10H,1H3/i17-1. The van der Waals surface area contributed by atoms with E-state index in [4.69, 9.17) is 0 Å². The maximum atomic E-state index is 13.1. The number of nitrogens with zero attached hydrogens (tertiary/aromatic N) is 3. The molecule has 1 heterocycles. The van der Waals surface area contributed by atoms with Crippen molar-refractivity contribution in [2.45, 2.75) is 6.92 Å². The van der Waals surface area contributed by atoms with Gasteiger partial charge in [0.1, 0.15) is 12.1 Å². The zero-order valence-corrected chi connectivity index (χ0v) is 11.3. The van der Waals surface area contributed by atoms with E-state index < -0.39 is 0 Å². The highest BCUT2D eigenvalue weighted by atomic mass is 18.2. The van der Waals surface area contributed by atoms with Crippen LogP contribution in [0.2, 0.25) is 0 Å². The van der Waals surface area contributed by atoms with E-state index in [0.717, 1.165) is 10.9 Å². The molecule has 104 valence electrons. The van der Waals surface area contributed by atoms with E-state index in [-0.39, 0.29) is 11.7 Å². The zero-order chi connectivity index (χ0) is 14.8. The van der Waals surface area contributed by atoms with Crippen LogP contribution in [0.1, 0.15) is 6.92 Å². The molecule has 0 aliphatic carbocycles. The molecule has 0 radical (unpaired) electrons. The molecule has 3 aromatic rings. The fourth-order valence-corrected chi connectivity index (χ4v) is 2.21. The lowest BCUT2D eigenvalue weighted by Crippen LogP contribution is -2.24. The lowest BCUT2D eigenvalue weighted by Gasteiger charge is -2.21. The Kier molecular flexibility index (Phi) is 3.31. The Morgan fingerprint density at radius 2 is 1.76 bits per heavy atom. The quantitative estimate of drug-likeness (QED) is 0.722. The molecule has 0 saturated heterocycles. The Labute approximate surface area is 120 Å². The molecular weight excluding hydrogens is 268 g/mol. The molecule has 0 saturated carbocycles. The van der Waals surface area contributed by atoms with E-state index >= 15 is 0 Å². The second kappa shape index (κ2) is 5.28. The number of para-hydroxylation sites is 1. The molecule has 0 aliphatic rings. The summed E-state index contributed by atoms with van der Waals surface area (Å²) in [4.78, 5) is 21.9. The van der Waals surface area contributed by atoms with Gasteiger partial charge in [0.2, 0.25) is 5.91 Å². The Bertz CT molecular complexity index is 797. The number of halogens is 1. The molecule has 0 atom stereocenters. The molecule has 0 bridgehead atoms. The number of anilines is 2. The van der Waals surface area contributed by atoms with Gasteiger partial charge in [0.05, 0.1) is 11.2 Å². The number of carbonyl (C=O) groups is 1. The third kappa shape index (κ3) is 2.45. The second-order valence-electron chi connectivity index (χ2n) is 4.55. The van der Waals surface area contributed by atoms with Gasteiger partial charge in [-0.05, 0) is 36.4 Å². The second-order valence-corrected chi connectivity index (χ2v) is 4.55. The maximum absolute atomic E-state index is 13.1. The molecule has 21 heavy (non-hydrogen) atoms. The van der Waals surface area contributed by atoms with E-state index in [0.29, 0.717) is 11.5 Å². The van der Waals surface area contributed by atoms with Gasteiger partial charge >= 0.3 is 0 Å². The first kappa shape index (κ1) is 13.2. The fraction of sp³-hybridized carbons (Fsp3) is 0.0625. The molecule has 5 heteroatoms. The zero-order valence-electron chi connectivity index (χ0n) is 11.3. The van der Waals surface area contributed by atoms with E-state index in [9.17, 15) is 9.18 Å². The SMILES string of the molecule is CC(=O)N(c1ccc([18F])cc1)c1ncnc2ccccc12. The lowest BCUT2D eigenvalue weighted by atomic mass is 10.2. The van der Waals surface area contributed by atoms with Crippen molar-refractivity contribution < 1.29 is 9.18 Å². The fourth-order valence-electron chi connectivity index (χ4n) is 2.21. The molecule has 0 fully saturated rings. The Hall–Kier alpha value is -2.82. The van der Waals surface area contributed by atoms with Crippen molar-refractivity contribution in [2.24, 2.45) is 0 Å². The minimum atomic E-state index is -0.352. The van der Waals surface area contributed by atoms with Crippen molar-refractivity contribution in [3.8, 4) is 0 Å². The van der Waals surface area contributed by atoms with Gasteiger partial charge in [-0.25, -0.2) is 14.4 Å². The van der Waals surface area contributed by atoms with Gasteiger partial charge in [0.15, 0.2) is 5.82 Å². The van der Waals surface area contributed by atoms with Crippen LogP contribution in [0.4, 0.5) is 15.9 Å². The average Bonchev–Trinajstić information content (AvgIpc) is 2.49. The highest BCUT2D eigenvalue weighted by Crippen LogP contribution is 2.29. The van der Waals surface area contributed by atoms with Crippen LogP contribution in [0.3, 0.4) is 0 Å². The molecule has 1 amide bonds. The topological polar surface area (TPSA) is 46.1 Å². The first-order valence-corrected chi connectivity index (χ1v) is 6.43. The predicted octanol–water partition coefficient (Wildman–Crippen LogP) is 3.45. The molecule has 0 spiro atoms. The first-order valence-electron chi connectivity index (χ1n) is 6.43. The third-order valence-electron chi connectivity index (χ3n) is 3.13. The Morgan fingerprint density at radius 1 is 1.05 bits per heavy atom. The highest BCUT2D eigenvalue weighted by molar-refractivity contribution is 6.05. The molecule has 3 rings (SSSR count). The van der Waals surface area contributed by atoms with Gasteiger partial charge in [-0.1, -0.05) is 12.1 Å². The number of aromatic nitrogens is 2. The largest absolute Gasteiger partial charge is 0.274 e. The molecule has 1 aromatic heterocycles. The predicted molar refractivity (Wildman–Crippen MR) is 78.8 cm³/mol. The molecule has 0 N–H and O–H groups in total. The van der Waals surface area contributed by atoms with Gasteiger partial charge < -0.3 is 0 Å². The number of hydrogen-bond donors (Lipinski definition) is 0. The molecular formula is C16H12FN3O. The summed E-state index contributed by atoms with van der Waals surface area (Å²) >= 11 is 0. The smallest absolute Gasteiger partial charge is 0.229 e. The van der Waals surface area contributed by atoms with E-state index in [1.807, 2.05) is 24.3 Å². The van der Waals surface area contributed by atoms with Crippen molar-refractivity contribution in [1.29, 1.82) is 0 Å². The third-order valence-corrected chi connectivity index (χ3v) is 3.13. The van der Waals surface area contributed by atoms with E-state index in [1.165, 1.54) is 30.3 Å². The van der Waals surface area contributed by atoms with Crippen LogP contribution in [0.5, 0.6) is 0 Å². The molecule has 4 nitrogen and oxygen atoms in total. The first-order chi connectivity index (χ1) is 10.2. The van der Waals surface area contributed by atoms with E-state index in [1.54, 1.807) is 12.1 Å². The number of fused-ring (bicyclic) bond motifs is 1. The number of hydrogen-bond acceptors (Lipinski definition) is 3. The Balaban J connectivity index is 2.21. The number of amides is 1. The summed E-state index contributed by atoms with van der Waals surface area (Å²) < 4.78 is 13.1. The average molecular weight is 280 g/mol. The number of carbonyl (C=O) groups excluding carboxylic acids is 1. The number of rotatable bonds is 2. The van der Waals surface area contributed by atoms with E-state index in [2.05, 4.69) is 9.97 Å². The van der Waals surface area contributed by atoms with Crippen LogP contribution in [-0.4, -0.2) is 15.9 Å². The van der Waals surface area contributed by atoms with Crippen molar-refractivity contribution >= 4 is 28.3 Å². The van der Waals surface area contributed by atoms with Crippen LogP contribution < -0.4 is 4.90 Å². The van der Waals surface area contributed by atoms with Gasteiger partial charge in [-0.3, -0.25) is 9.69 Å². The normalized spacial score (nSPS) is 10.6. The van der Waals surface area contributed by atoms with Gasteiger partial charge in [-0.2, -0.15) is 0 Å². The minimum absolute atomic E-state index is 0.203. The van der Waals surface area contributed by atoms with Crippen LogP contribution in [0, 0.1) is 5.82 Å². The van der Waals surface area contributed by atoms with Gasteiger partial charge in [0, 0.05) is 12.3 Å². The number of benzene rings is 2. The van der Waals surface area contributed by atoms with Crippen LogP contribution in [-0.2, 0) is 4.79 Å². The Morgan fingerprint density at radius 3 is 2.48 bits per heavy atom. The monoisotopic (exact) mass is 280 g/mol.